The Bertz CT molecular complexity index is 578. The molecule has 6 heteroatoms. The molecule has 0 radical (unpaired) electrons. The second-order valence-electron chi connectivity index (χ2n) is 4.72. The van der Waals surface area contributed by atoms with Gasteiger partial charge in [0.15, 0.2) is 11.5 Å². The van der Waals surface area contributed by atoms with Crippen LogP contribution in [0.4, 0.5) is 4.39 Å². The minimum atomic E-state index is -0.828. The summed E-state index contributed by atoms with van der Waals surface area (Å²) in [6, 6.07) is 1.29. The van der Waals surface area contributed by atoms with Crippen molar-refractivity contribution in [1.29, 1.82) is 0 Å². The monoisotopic (exact) mass is 327 g/mol. The number of fused-ring (bicyclic) bond motifs is 1. The van der Waals surface area contributed by atoms with E-state index in [2.05, 4.69) is 20.9 Å². The number of isocyanates is 1. The maximum absolute atomic E-state index is 14.4. The molecule has 0 N–H and O–H groups in total. The molecule has 2 aliphatic rings. The van der Waals surface area contributed by atoms with Crippen LogP contribution < -0.4 is 9.47 Å². The summed E-state index contributed by atoms with van der Waals surface area (Å²) in [5, 5.41) is 0. The molecule has 0 unspecified atom stereocenters. The Kier molecular flexibility index (Phi) is 3.07. The molecule has 1 heterocycles. The second kappa shape index (κ2) is 4.62. The summed E-state index contributed by atoms with van der Waals surface area (Å²) in [6.07, 6.45) is 4.68. The maximum atomic E-state index is 14.4. The summed E-state index contributed by atoms with van der Waals surface area (Å²) in [5.74, 6) is 0.414. The third kappa shape index (κ3) is 1.86. The van der Waals surface area contributed by atoms with Crippen LogP contribution in [0.15, 0.2) is 15.5 Å². The molecule has 3 rings (SSSR count). The average Bonchev–Trinajstić information content (AvgIpc) is 2.99. The van der Waals surface area contributed by atoms with Crippen molar-refractivity contribution in [3.05, 3.63) is 21.9 Å². The van der Waals surface area contributed by atoms with Crippen LogP contribution in [0.2, 0.25) is 0 Å². The van der Waals surface area contributed by atoms with Gasteiger partial charge in [-0.05, 0) is 28.8 Å². The van der Waals surface area contributed by atoms with Crippen LogP contribution in [0.3, 0.4) is 0 Å². The van der Waals surface area contributed by atoms with E-state index in [1.807, 2.05) is 0 Å². The lowest BCUT2D eigenvalue weighted by Crippen LogP contribution is -2.21. The third-order valence-corrected chi connectivity index (χ3v) is 4.47. The Balaban J connectivity index is 2.22. The fourth-order valence-corrected chi connectivity index (χ4v) is 3.73. The molecule has 4 nitrogen and oxygen atoms in total. The highest BCUT2D eigenvalue weighted by molar-refractivity contribution is 9.10. The number of nitrogens with zero attached hydrogens (tertiary/aromatic N) is 1. The fourth-order valence-electron chi connectivity index (χ4n) is 2.86. The van der Waals surface area contributed by atoms with E-state index in [0.29, 0.717) is 34.4 Å². The third-order valence-electron chi connectivity index (χ3n) is 3.71. The molecular formula is C13H11BrFNO3. The molecule has 1 aliphatic heterocycles. The first kappa shape index (κ1) is 12.6. The molecule has 1 saturated carbocycles. The number of aliphatic imine (C=N–C) groups is 1. The quantitative estimate of drug-likeness (QED) is 0.617. The topological polar surface area (TPSA) is 47.9 Å². The van der Waals surface area contributed by atoms with Gasteiger partial charge in [-0.1, -0.05) is 12.8 Å². The van der Waals surface area contributed by atoms with E-state index >= 15 is 0 Å². The van der Waals surface area contributed by atoms with E-state index in [1.54, 1.807) is 6.08 Å². The van der Waals surface area contributed by atoms with Crippen molar-refractivity contribution < 1.29 is 18.7 Å². The van der Waals surface area contributed by atoms with Gasteiger partial charge in [0.1, 0.15) is 11.4 Å². The molecule has 19 heavy (non-hydrogen) atoms. The molecule has 0 saturated heterocycles. The van der Waals surface area contributed by atoms with Crippen LogP contribution in [0.5, 0.6) is 11.5 Å². The molecule has 0 spiro atoms. The highest BCUT2D eigenvalue weighted by atomic mass is 79.9. The van der Waals surface area contributed by atoms with E-state index < -0.39 is 11.4 Å². The first-order valence-electron chi connectivity index (χ1n) is 6.05. The summed E-state index contributed by atoms with van der Waals surface area (Å²) < 4.78 is 25.4. The van der Waals surface area contributed by atoms with Gasteiger partial charge in [-0.15, -0.1) is 0 Å². The lowest BCUT2D eigenvalue weighted by Gasteiger charge is -2.25. The van der Waals surface area contributed by atoms with Crippen molar-refractivity contribution >= 4 is 22.0 Å². The molecule has 0 aromatic heterocycles. The van der Waals surface area contributed by atoms with Crippen molar-refractivity contribution in [1.82, 2.24) is 0 Å². The average molecular weight is 328 g/mol. The number of ether oxygens (including phenoxy) is 2. The normalized spacial score (nSPS) is 19.3. The van der Waals surface area contributed by atoms with Crippen LogP contribution in [-0.2, 0) is 10.3 Å². The zero-order chi connectivity index (χ0) is 13.5. The highest BCUT2D eigenvalue weighted by Crippen LogP contribution is 2.51. The second-order valence-corrected chi connectivity index (χ2v) is 5.52. The standard InChI is InChI=1S/C13H11BrFNO3/c14-11-10(13(16-6-17)3-1-2-4-13)8(15)5-9-12(11)19-7-18-9/h5H,1-4,7H2. The van der Waals surface area contributed by atoms with E-state index in [0.717, 1.165) is 12.8 Å². The van der Waals surface area contributed by atoms with Gasteiger partial charge in [0.25, 0.3) is 0 Å². The molecule has 1 fully saturated rings. The number of hydrogen-bond donors (Lipinski definition) is 0. The fraction of sp³-hybridized carbons (Fsp3) is 0.462. The number of rotatable bonds is 2. The van der Waals surface area contributed by atoms with Gasteiger partial charge in [-0.2, -0.15) is 4.99 Å². The molecule has 1 aromatic rings. The SMILES string of the molecule is O=C=NC1(c2c(F)cc3c(c2Br)OCO3)CCCC1. The smallest absolute Gasteiger partial charge is 0.235 e. The summed E-state index contributed by atoms with van der Waals surface area (Å²) >= 11 is 3.36. The maximum Gasteiger partial charge on any atom is 0.235 e. The van der Waals surface area contributed by atoms with E-state index in [-0.39, 0.29) is 6.79 Å². The molecule has 0 atom stereocenters. The van der Waals surface area contributed by atoms with Crippen LogP contribution in [0.25, 0.3) is 0 Å². The summed E-state index contributed by atoms with van der Waals surface area (Å²) in [7, 11) is 0. The molecule has 0 bridgehead atoms. The lowest BCUT2D eigenvalue weighted by atomic mass is 9.88. The lowest BCUT2D eigenvalue weighted by molar-refractivity contribution is 0.173. The Morgan fingerprint density at radius 2 is 2.11 bits per heavy atom. The van der Waals surface area contributed by atoms with Crippen molar-refractivity contribution in [2.45, 2.75) is 31.2 Å². The first-order chi connectivity index (χ1) is 9.18. The van der Waals surface area contributed by atoms with Gasteiger partial charge >= 0.3 is 0 Å². The van der Waals surface area contributed by atoms with Crippen molar-refractivity contribution in [3.63, 3.8) is 0 Å². The molecule has 100 valence electrons. The van der Waals surface area contributed by atoms with Gasteiger partial charge in [0, 0.05) is 11.6 Å². The Hall–Kier alpha value is -1.39. The van der Waals surface area contributed by atoms with Crippen LogP contribution in [-0.4, -0.2) is 12.9 Å². The zero-order valence-corrected chi connectivity index (χ0v) is 11.6. The van der Waals surface area contributed by atoms with Gasteiger partial charge in [-0.25, -0.2) is 9.18 Å². The Morgan fingerprint density at radius 3 is 2.79 bits per heavy atom. The van der Waals surface area contributed by atoms with Crippen LogP contribution in [0.1, 0.15) is 31.2 Å². The highest BCUT2D eigenvalue weighted by Gasteiger charge is 2.41. The van der Waals surface area contributed by atoms with Gasteiger partial charge in [0.2, 0.25) is 12.9 Å². The van der Waals surface area contributed by atoms with E-state index in [9.17, 15) is 9.18 Å². The van der Waals surface area contributed by atoms with Crippen LogP contribution in [0, 0.1) is 5.82 Å². The van der Waals surface area contributed by atoms with Gasteiger partial charge < -0.3 is 9.47 Å². The molecule has 1 aromatic carbocycles. The summed E-state index contributed by atoms with van der Waals surface area (Å²) in [4.78, 5) is 14.6. The van der Waals surface area contributed by atoms with E-state index in [4.69, 9.17) is 9.47 Å². The predicted octanol–water partition coefficient (Wildman–Crippen LogP) is 3.42. The molecule has 1 aliphatic carbocycles. The van der Waals surface area contributed by atoms with Gasteiger partial charge in [-0.3, -0.25) is 0 Å². The zero-order valence-electron chi connectivity index (χ0n) is 10.0. The predicted molar refractivity (Wildman–Crippen MR) is 68.5 cm³/mol. The number of halogens is 2. The Labute approximate surface area is 117 Å². The number of carbonyl (C=O) groups excluding carboxylic acids is 1. The van der Waals surface area contributed by atoms with Crippen molar-refractivity contribution in [3.8, 4) is 11.5 Å². The minimum absolute atomic E-state index is 0.0702. The summed E-state index contributed by atoms with van der Waals surface area (Å²) in [5.41, 5.74) is -0.455. The first-order valence-corrected chi connectivity index (χ1v) is 6.84. The molecular weight excluding hydrogens is 317 g/mol. The largest absolute Gasteiger partial charge is 0.453 e. The van der Waals surface area contributed by atoms with Crippen molar-refractivity contribution in [2.24, 2.45) is 4.99 Å². The molecule has 0 amide bonds. The van der Waals surface area contributed by atoms with E-state index in [1.165, 1.54) is 6.07 Å². The summed E-state index contributed by atoms with van der Waals surface area (Å²) in [6.45, 7) is 0.0702. The minimum Gasteiger partial charge on any atom is -0.453 e. The Morgan fingerprint density at radius 1 is 1.37 bits per heavy atom. The van der Waals surface area contributed by atoms with Crippen molar-refractivity contribution in [2.75, 3.05) is 6.79 Å². The van der Waals surface area contributed by atoms with Gasteiger partial charge in [0.05, 0.1) is 4.47 Å². The number of hydrogen-bond acceptors (Lipinski definition) is 4. The van der Waals surface area contributed by atoms with Crippen LogP contribution >= 0.6 is 15.9 Å². The number of benzene rings is 1.